The molecule has 0 aliphatic carbocycles. The van der Waals surface area contributed by atoms with E-state index in [1.54, 1.807) is 0 Å². The molecule has 0 saturated heterocycles. The first kappa shape index (κ1) is 14.6. The summed E-state index contributed by atoms with van der Waals surface area (Å²) < 4.78 is 10.1. The average molecular weight is 189 g/mol. The summed E-state index contributed by atoms with van der Waals surface area (Å²) in [7, 11) is 0. The number of carbonyl (C=O) groups is 1. The fourth-order valence-electron chi connectivity index (χ4n) is 0.518. The molecule has 13 heavy (non-hydrogen) atoms. The number of hydrogen-bond acceptors (Lipinski definition) is 4. The first-order chi connectivity index (χ1) is 6.08. The van der Waals surface area contributed by atoms with Crippen LogP contribution in [0.15, 0.2) is 12.7 Å². The fraction of sp³-hybridized carbons (Fsp3) is 0.667. The van der Waals surface area contributed by atoms with Crippen LogP contribution in [-0.2, 0) is 14.3 Å². The van der Waals surface area contributed by atoms with Gasteiger partial charge in [-0.3, -0.25) is 0 Å². The summed E-state index contributed by atoms with van der Waals surface area (Å²) in [6.45, 7) is 10.1. The van der Waals surface area contributed by atoms with E-state index in [-0.39, 0.29) is 6.29 Å². The molecule has 0 aliphatic rings. The first-order valence-electron chi connectivity index (χ1n) is 4.15. The largest absolute Gasteiger partial charge is 0.545 e. The minimum absolute atomic E-state index is 0.0370. The van der Waals surface area contributed by atoms with E-state index in [0.717, 1.165) is 19.3 Å². The number of carboxylic acids is 1. The maximum atomic E-state index is 9.14. The molecule has 0 rings (SSSR count). The van der Waals surface area contributed by atoms with E-state index in [2.05, 4.69) is 6.58 Å². The summed E-state index contributed by atoms with van der Waals surface area (Å²) in [4.78, 5) is 9.14. The van der Waals surface area contributed by atoms with Gasteiger partial charge in [0.25, 0.3) is 0 Å². The van der Waals surface area contributed by atoms with Crippen molar-refractivity contribution in [3.8, 4) is 0 Å². The summed E-state index contributed by atoms with van der Waals surface area (Å²) in [5, 5.41) is 9.14. The zero-order valence-corrected chi connectivity index (χ0v) is 8.41. The van der Waals surface area contributed by atoms with Gasteiger partial charge in [-0.05, 0) is 26.8 Å². The Balaban J connectivity index is 0. The maximum absolute atomic E-state index is 9.14. The molecule has 0 aromatic heterocycles. The number of carboxylic acid groups (broad SMARTS) is 1. The Morgan fingerprint density at radius 1 is 1.46 bits per heavy atom. The third-order valence-corrected chi connectivity index (χ3v) is 0.969. The van der Waals surface area contributed by atoms with Gasteiger partial charge < -0.3 is 19.4 Å². The molecule has 4 heteroatoms. The van der Waals surface area contributed by atoms with Crippen LogP contribution in [0.1, 0.15) is 20.8 Å². The predicted octanol–water partition coefficient (Wildman–Crippen LogP) is 0.328. The summed E-state index contributed by atoms with van der Waals surface area (Å²) >= 11 is 0. The van der Waals surface area contributed by atoms with Crippen molar-refractivity contribution in [2.45, 2.75) is 27.1 Å². The van der Waals surface area contributed by atoms with E-state index in [1.165, 1.54) is 0 Å². The van der Waals surface area contributed by atoms with Crippen molar-refractivity contribution in [2.75, 3.05) is 13.2 Å². The molecule has 0 spiro atoms. The lowest BCUT2D eigenvalue weighted by Gasteiger charge is -2.09. The molecule has 0 aromatic rings. The topological polar surface area (TPSA) is 58.6 Å². The van der Waals surface area contributed by atoms with E-state index in [1.807, 2.05) is 20.8 Å². The molecule has 0 unspecified atom stereocenters. The van der Waals surface area contributed by atoms with Crippen LogP contribution < -0.4 is 5.11 Å². The molecule has 0 amide bonds. The third kappa shape index (κ3) is 18.2. The number of carbonyl (C=O) groups excluding carboxylic acids is 1. The normalized spacial score (nSPS) is 8.92. The standard InChI is InChI=1S/C6H14O2.C3H4O2/c1-4-7-6(3)8-5-2;1-2-3(4)5/h6H,4-5H2,1-3H3;2H,1H2,(H,4,5)/p-1. The highest BCUT2D eigenvalue weighted by molar-refractivity contribution is 5.76. The van der Waals surface area contributed by atoms with Crippen LogP contribution >= 0.6 is 0 Å². The molecule has 0 atom stereocenters. The smallest absolute Gasteiger partial charge is 0.154 e. The van der Waals surface area contributed by atoms with Gasteiger partial charge in [0, 0.05) is 13.2 Å². The Kier molecular flexibility index (Phi) is 12.5. The van der Waals surface area contributed by atoms with Gasteiger partial charge in [0.05, 0.1) is 5.97 Å². The van der Waals surface area contributed by atoms with Crippen molar-refractivity contribution in [1.82, 2.24) is 0 Å². The van der Waals surface area contributed by atoms with Gasteiger partial charge in [-0.25, -0.2) is 0 Å². The Morgan fingerprint density at radius 3 is 1.92 bits per heavy atom. The van der Waals surface area contributed by atoms with Crippen LogP contribution in [0.3, 0.4) is 0 Å². The van der Waals surface area contributed by atoms with Crippen LogP contribution in [0.5, 0.6) is 0 Å². The minimum Gasteiger partial charge on any atom is -0.545 e. The first-order valence-corrected chi connectivity index (χ1v) is 4.15. The summed E-state index contributed by atoms with van der Waals surface area (Å²) in [6.07, 6.45) is 0.685. The molecule has 0 heterocycles. The van der Waals surface area contributed by atoms with Crippen molar-refractivity contribution < 1.29 is 19.4 Å². The van der Waals surface area contributed by atoms with Gasteiger partial charge in [-0.2, -0.15) is 0 Å². The lowest BCUT2D eigenvalue weighted by atomic mass is 10.7. The predicted molar refractivity (Wildman–Crippen MR) is 47.9 cm³/mol. The lowest BCUT2D eigenvalue weighted by molar-refractivity contribution is -0.297. The molecule has 0 fully saturated rings. The lowest BCUT2D eigenvalue weighted by Crippen LogP contribution is -2.17. The molecular weight excluding hydrogens is 172 g/mol. The number of aliphatic carboxylic acids is 1. The van der Waals surface area contributed by atoms with Crippen LogP contribution in [-0.4, -0.2) is 25.5 Å². The van der Waals surface area contributed by atoms with Crippen LogP contribution in [0.4, 0.5) is 0 Å². The van der Waals surface area contributed by atoms with Gasteiger partial charge in [0.15, 0.2) is 6.29 Å². The second-order valence-electron chi connectivity index (χ2n) is 2.00. The van der Waals surface area contributed by atoms with Crippen molar-refractivity contribution in [1.29, 1.82) is 0 Å². The van der Waals surface area contributed by atoms with E-state index in [0.29, 0.717) is 0 Å². The van der Waals surface area contributed by atoms with Gasteiger partial charge in [-0.15, -0.1) is 0 Å². The van der Waals surface area contributed by atoms with E-state index in [4.69, 9.17) is 19.4 Å². The second-order valence-corrected chi connectivity index (χ2v) is 2.00. The van der Waals surface area contributed by atoms with Gasteiger partial charge in [0.1, 0.15) is 0 Å². The van der Waals surface area contributed by atoms with E-state index < -0.39 is 5.97 Å². The van der Waals surface area contributed by atoms with Gasteiger partial charge in [0.2, 0.25) is 0 Å². The third-order valence-electron chi connectivity index (χ3n) is 0.969. The average Bonchev–Trinajstić information content (AvgIpc) is 2.06. The van der Waals surface area contributed by atoms with Crippen molar-refractivity contribution in [3.63, 3.8) is 0 Å². The minimum atomic E-state index is -1.23. The van der Waals surface area contributed by atoms with Crippen molar-refractivity contribution in [2.24, 2.45) is 0 Å². The Morgan fingerprint density at radius 2 is 1.77 bits per heavy atom. The Bertz CT molecular complexity index is 128. The van der Waals surface area contributed by atoms with E-state index >= 15 is 0 Å². The zero-order valence-electron chi connectivity index (χ0n) is 8.41. The SMILES string of the molecule is C=CC(=O)[O-].CCOC(C)OCC. The zero-order chi connectivity index (χ0) is 10.7. The quantitative estimate of drug-likeness (QED) is 0.462. The summed E-state index contributed by atoms with van der Waals surface area (Å²) in [5.41, 5.74) is 0. The maximum Gasteiger partial charge on any atom is 0.154 e. The molecule has 78 valence electrons. The molecule has 4 nitrogen and oxygen atoms in total. The highest BCUT2D eigenvalue weighted by Crippen LogP contribution is 1.90. The monoisotopic (exact) mass is 189 g/mol. The molecule has 0 saturated carbocycles. The van der Waals surface area contributed by atoms with Crippen LogP contribution in [0.25, 0.3) is 0 Å². The van der Waals surface area contributed by atoms with Crippen molar-refractivity contribution >= 4 is 5.97 Å². The number of hydrogen-bond donors (Lipinski definition) is 0. The Hall–Kier alpha value is -0.870. The molecule has 0 aliphatic heterocycles. The van der Waals surface area contributed by atoms with Crippen LogP contribution in [0.2, 0.25) is 0 Å². The second kappa shape index (κ2) is 11.1. The highest BCUT2D eigenvalue weighted by atomic mass is 16.7. The van der Waals surface area contributed by atoms with E-state index in [9.17, 15) is 0 Å². The molecule has 0 aromatic carbocycles. The van der Waals surface area contributed by atoms with Gasteiger partial charge in [-0.1, -0.05) is 6.58 Å². The molecule has 0 N–H and O–H groups in total. The molecule has 0 bridgehead atoms. The molecule has 0 radical (unpaired) electrons. The fourth-order valence-corrected chi connectivity index (χ4v) is 0.518. The van der Waals surface area contributed by atoms with Crippen LogP contribution in [0, 0.1) is 0 Å². The Labute approximate surface area is 79.2 Å². The van der Waals surface area contributed by atoms with Gasteiger partial charge >= 0.3 is 0 Å². The highest BCUT2D eigenvalue weighted by Gasteiger charge is 1.94. The molecular formula is C9H17O4-. The summed E-state index contributed by atoms with van der Waals surface area (Å²) in [5.74, 6) is -1.23. The number of ether oxygens (including phenoxy) is 2. The number of rotatable bonds is 5. The summed E-state index contributed by atoms with van der Waals surface area (Å²) in [6, 6.07) is 0. The van der Waals surface area contributed by atoms with Crippen molar-refractivity contribution in [3.05, 3.63) is 12.7 Å².